The Morgan fingerprint density at radius 2 is 1.80 bits per heavy atom. The molecular formula is C17H25Cl2N. The molecule has 1 saturated carbocycles. The van der Waals surface area contributed by atoms with Gasteiger partial charge in [-0.15, -0.1) is 0 Å². The quantitative estimate of drug-likeness (QED) is 0.773. The van der Waals surface area contributed by atoms with Crippen molar-refractivity contribution in [3.8, 4) is 0 Å². The van der Waals surface area contributed by atoms with Gasteiger partial charge in [-0.25, -0.2) is 0 Å². The first-order chi connectivity index (χ1) is 9.56. The molecule has 1 nitrogen and oxygen atoms in total. The van der Waals surface area contributed by atoms with Crippen molar-refractivity contribution in [3.05, 3.63) is 33.8 Å². The molecule has 3 heteroatoms. The van der Waals surface area contributed by atoms with Crippen LogP contribution in [0.15, 0.2) is 18.2 Å². The average molecular weight is 314 g/mol. The summed E-state index contributed by atoms with van der Waals surface area (Å²) in [6, 6.07) is 6.65. The van der Waals surface area contributed by atoms with Crippen LogP contribution < -0.4 is 5.32 Å². The Balaban J connectivity index is 1.98. The van der Waals surface area contributed by atoms with Gasteiger partial charge < -0.3 is 5.32 Å². The number of benzene rings is 1. The van der Waals surface area contributed by atoms with Crippen molar-refractivity contribution in [1.82, 2.24) is 5.32 Å². The van der Waals surface area contributed by atoms with E-state index in [0.29, 0.717) is 16.1 Å². The molecule has 1 aromatic rings. The molecule has 1 aliphatic rings. The maximum atomic E-state index is 6.13. The lowest BCUT2D eigenvalue weighted by Gasteiger charge is -2.32. The van der Waals surface area contributed by atoms with Crippen LogP contribution in [0.1, 0.15) is 45.1 Å². The number of hydrogen-bond acceptors (Lipinski definition) is 1. The van der Waals surface area contributed by atoms with E-state index in [-0.39, 0.29) is 0 Å². The molecule has 0 aromatic heterocycles. The molecule has 0 bridgehead atoms. The Bertz CT molecular complexity index is 431. The Morgan fingerprint density at radius 3 is 2.45 bits per heavy atom. The largest absolute Gasteiger partial charge is 0.314 e. The first kappa shape index (κ1) is 16.1. The number of nitrogens with one attached hydrogen (secondary N) is 1. The topological polar surface area (TPSA) is 12.0 Å². The third-order valence-electron chi connectivity index (χ3n) is 4.34. The molecule has 2 unspecified atom stereocenters. The van der Waals surface area contributed by atoms with Crippen LogP contribution in [0.3, 0.4) is 0 Å². The monoisotopic (exact) mass is 313 g/mol. The van der Waals surface area contributed by atoms with Crippen molar-refractivity contribution in [1.29, 1.82) is 0 Å². The summed E-state index contributed by atoms with van der Waals surface area (Å²) in [5.74, 6) is 1.56. The number of halogens is 2. The van der Waals surface area contributed by atoms with E-state index in [1.54, 1.807) is 0 Å². The SMILES string of the molecule is CC(C)NCC1CCCCC1Cc1ccc(Cl)c(Cl)c1. The summed E-state index contributed by atoms with van der Waals surface area (Å²) < 4.78 is 0. The van der Waals surface area contributed by atoms with E-state index < -0.39 is 0 Å². The van der Waals surface area contributed by atoms with E-state index in [2.05, 4.69) is 25.2 Å². The molecule has 2 atom stereocenters. The predicted octanol–water partition coefficient (Wildman–Crippen LogP) is 5.34. The zero-order chi connectivity index (χ0) is 14.5. The molecule has 0 saturated heterocycles. The van der Waals surface area contributed by atoms with Crippen LogP contribution in [-0.2, 0) is 6.42 Å². The van der Waals surface area contributed by atoms with Crippen LogP contribution in [0.4, 0.5) is 0 Å². The van der Waals surface area contributed by atoms with Crippen LogP contribution in [0.25, 0.3) is 0 Å². The molecule has 1 aliphatic carbocycles. The van der Waals surface area contributed by atoms with Crippen LogP contribution in [0.2, 0.25) is 10.0 Å². The van der Waals surface area contributed by atoms with E-state index in [1.807, 2.05) is 12.1 Å². The molecule has 0 amide bonds. The van der Waals surface area contributed by atoms with Crippen molar-refractivity contribution >= 4 is 23.2 Å². The fourth-order valence-electron chi connectivity index (χ4n) is 3.18. The van der Waals surface area contributed by atoms with E-state index in [0.717, 1.165) is 24.8 Å². The van der Waals surface area contributed by atoms with Crippen molar-refractivity contribution in [2.24, 2.45) is 11.8 Å². The van der Waals surface area contributed by atoms with Gasteiger partial charge >= 0.3 is 0 Å². The van der Waals surface area contributed by atoms with Gasteiger partial charge in [0.25, 0.3) is 0 Å². The van der Waals surface area contributed by atoms with Gasteiger partial charge in [-0.2, -0.15) is 0 Å². The first-order valence-electron chi connectivity index (χ1n) is 7.73. The van der Waals surface area contributed by atoms with E-state index in [9.17, 15) is 0 Å². The summed E-state index contributed by atoms with van der Waals surface area (Å²) in [5, 5.41) is 4.93. The minimum absolute atomic E-state index is 0.572. The summed E-state index contributed by atoms with van der Waals surface area (Å²) in [5.41, 5.74) is 1.32. The third kappa shape index (κ3) is 4.65. The lowest BCUT2D eigenvalue weighted by Crippen LogP contribution is -2.34. The molecule has 0 heterocycles. The summed E-state index contributed by atoms with van der Waals surface area (Å²) >= 11 is 12.1. The van der Waals surface area contributed by atoms with Gasteiger partial charge in [0, 0.05) is 6.04 Å². The van der Waals surface area contributed by atoms with Gasteiger partial charge in [0.1, 0.15) is 0 Å². The first-order valence-corrected chi connectivity index (χ1v) is 8.49. The minimum atomic E-state index is 0.572. The third-order valence-corrected chi connectivity index (χ3v) is 5.08. The maximum Gasteiger partial charge on any atom is 0.0595 e. The van der Waals surface area contributed by atoms with Gasteiger partial charge in [-0.05, 0) is 55.3 Å². The zero-order valence-electron chi connectivity index (χ0n) is 12.5. The second-order valence-corrected chi connectivity index (χ2v) is 7.13. The Morgan fingerprint density at radius 1 is 1.10 bits per heavy atom. The summed E-state index contributed by atoms with van der Waals surface area (Å²) in [7, 11) is 0. The van der Waals surface area contributed by atoms with Gasteiger partial charge in [0.05, 0.1) is 10.0 Å². The summed E-state index contributed by atoms with van der Waals surface area (Å²) in [4.78, 5) is 0. The molecule has 1 aromatic carbocycles. The molecular weight excluding hydrogens is 289 g/mol. The van der Waals surface area contributed by atoms with Crippen LogP contribution in [0.5, 0.6) is 0 Å². The molecule has 0 radical (unpaired) electrons. The van der Waals surface area contributed by atoms with Crippen molar-refractivity contribution in [2.75, 3.05) is 6.54 Å². The Kier molecular flexibility index (Phi) is 6.20. The van der Waals surface area contributed by atoms with Crippen molar-refractivity contribution in [2.45, 2.75) is 52.0 Å². The molecule has 1 fully saturated rings. The maximum absolute atomic E-state index is 6.13. The Hall–Kier alpha value is -0.240. The minimum Gasteiger partial charge on any atom is -0.314 e. The van der Waals surface area contributed by atoms with Crippen LogP contribution >= 0.6 is 23.2 Å². The van der Waals surface area contributed by atoms with Gasteiger partial charge in [-0.3, -0.25) is 0 Å². The lowest BCUT2D eigenvalue weighted by atomic mass is 9.76. The average Bonchev–Trinajstić information content (AvgIpc) is 2.42. The fourth-order valence-corrected chi connectivity index (χ4v) is 3.50. The normalized spacial score (nSPS) is 23.2. The molecule has 2 rings (SSSR count). The van der Waals surface area contributed by atoms with Gasteiger partial charge in [0.15, 0.2) is 0 Å². The number of hydrogen-bond donors (Lipinski definition) is 1. The highest BCUT2D eigenvalue weighted by atomic mass is 35.5. The van der Waals surface area contributed by atoms with E-state index >= 15 is 0 Å². The molecule has 1 N–H and O–H groups in total. The van der Waals surface area contributed by atoms with Crippen LogP contribution in [0, 0.1) is 11.8 Å². The van der Waals surface area contributed by atoms with Gasteiger partial charge in [0.2, 0.25) is 0 Å². The van der Waals surface area contributed by atoms with Gasteiger partial charge in [-0.1, -0.05) is 56.0 Å². The standard InChI is InChI=1S/C17H25Cl2N/c1-12(2)20-11-15-6-4-3-5-14(15)9-13-7-8-16(18)17(19)10-13/h7-8,10,12,14-15,20H,3-6,9,11H2,1-2H3. The summed E-state index contributed by atoms with van der Waals surface area (Å²) in [6.45, 7) is 5.58. The van der Waals surface area contributed by atoms with Crippen molar-refractivity contribution < 1.29 is 0 Å². The predicted molar refractivity (Wildman–Crippen MR) is 88.8 cm³/mol. The van der Waals surface area contributed by atoms with Crippen LogP contribution in [-0.4, -0.2) is 12.6 Å². The Labute approximate surface area is 133 Å². The second-order valence-electron chi connectivity index (χ2n) is 6.32. The molecule has 0 aliphatic heterocycles. The fraction of sp³-hybridized carbons (Fsp3) is 0.647. The highest BCUT2D eigenvalue weighted by molar-refractivity contribution is 6.42. The summed E-state index contributed by atoms with van der Waals surface area (Å²) in [6.07, 6.45) is 6.56. The number of rotatable bonds is 5. The highest BCUT2D eigenvalue weighted by Gasteiger charge is 2.25. The zero-order valence-corrected chi connectivity index (χ0v) is 14.0. The lowest BCUT2D eigenvalue weighted by molar-refractivity contribution is 0.224. The van der Waals surface area contributed by atoms with E-state index in [4.69, 9.17) is 23.2 Å². The van der Waals surface area contributed by atoms with Crippen molar-refractivity contribution in [3.63, 3.8) is 0 Å². The smallest absolute Gasteiger partial charge is 0.0595 e. The molecule has 0 spiro atoms. The molecule has 20 heavy (non-hydrogen) atoms. The highest BCUT2D eigenvalue weighted by Crippen LogP contribution is 2.33. The second kappa shape index (κ2) is 7.68. The molecule has 112 valence electrons. The van der Waals surface area contributed by atoms with E-state index in [1.165, 1.54) is 31.2 Å².